The van der Waals surface area contributed by atoms with Crippen LogP contribution in [0.25, 0.3) is 0 Å². The van der Waals surface area contributed by atoms with Gasteiger partial charge in [0.05, 0.1) is 12.1 Å². The minimum absolute atomic E-state index is 0.255. The molecule has 1 N–H and O–H groups in total. The zero-order valence-corrected chi connectivity index (χ0v) is 6.94. The lowest BCUT2D eigenvalue weighted by Gasteiger charge is -2.13. The van der Waals surface area contributed by atoms with E-state index in [-0.39, 0.29) is 12.1 Å². The summed E-state index contributed by atoms with van der Waals surface area (Å²) in [4.78, 5) is 0. The average molecular weight is 154 g/mol. The fraction of sp³-hybridized carbons (Fsp3) is 0.625. The Balaban J connectivity index is 2.49. The molecule has 11 heavy (non-hydrogen) atoms. The Morgan fingerprint density at radius 3 is 2.73 bits per heavy atom. The minimum atomic E-state index is -0.255. The first kappa shape index (κ1) is 8.27. The van der Waals surface area contributed by atoms with Crippen molar-refractivity contribution in [3.8, 4) is 0 Å². The molecule has 0 radical (unpaired) electrons. The standard InChI is InChI=1S/C8H14N2O/c1-7(6-8(2)11)10-5-3-4-9-10/h3-5,7-8,11H,6H2,1-2H3. The van der Waals surface area contributed by atoms with Gasteiger partial charge < -0.3 is 5.11 Å². The van der Waals surface area contributed by atoms with Crippen molar-refractivity contribution in [2.45, 2.75) is 32.4 Å². The number of aliphatic hydroxyl groups is 1. The smallest absolute Gasteiger partial charge is 0.0532 e. The summed E-state index contributed by atoms with van der Waals surface area (Å²) in [6.07, 6.45) is 4.15. The fourth-order valence-corrected chi connectivity index (χ4v) is 1.14. The summed E-state index contributed by atoms with van der Waals surface area (Å²) >= 11 is 0. The Labute approximate surface area is 66.7 Å². The average Bonchev–Trinajstić information content (AvgIpc) is 2.35. The molecule has 0 amide bonds. The van der Waals surface area contributed by atoms with Crippen molar-refractivity contribution in [1.82, 2.24) is 9.78 Å². The summed E-state index contributed by atoms with van der Waals surface area (Å²) in [5, 5.41) is 13.2. The van der Waals surface area contributed by atoms with E-state index in [0.29, 0.717) is 0 Å². The Morgan fingerprint density at radius 1 is 1.55 bits per heavy atom. The van der Waals surface area contributed by atoms with Crippen LogP contribution in [-0.4, -0.2) is 21.0 Å². The third-order valence-corrected chi connectivity index (χ3v) is 1.66. The maximum Gasteiger partial charge on any atom is 0.0532 e. The van der Waals surface area contributed by atoms with Gasteiger partial charge in [0, 0.05) is 12.4 Å². The van der Waals surface area contributed by atoms with E-state index in [2.05, 4.69) is 5.10 Å². The number of aliphatic hydroxyl groups excluding tert-OH is 1. The van der Waals surface area contributed by atoms with Gasteiger partial charge in [0.1, 0.15) is 0 Å². The van der Waals surface area contributed by atoms with Crippen molar-refractivity contribution in [3.63, 3.8) is 0 Å². The highest BCUT2D eigenvalue weighted by atomic mass is 16.3. The molecule has 3 nitrogen and oxygen atoms in total. The molecule has 0 saturated heterocycles. The van der Waals surface area contributed by atoms with Crippen molar-refractivity contribution in [3.05, 3.63) is 18.5 Å². The molecule has 0 saturated carbocycles. The molecule has 1 aromatic heterocycles. The van der Waals surface area contributed by atoms with Gasteiger partial charge >= 0.3 is 0 Å². The van der Waals surface area contributed by atoms with Crippen LogP contribution in [0.4, 0.5) is 0 Å². The summed E-state index contributed by atoms with van der Waals surface area (Å²) < 4.78 is 1.85. The van der Waals surface area contributed by atoms with E-state index in [0.717, 1.165) is 6.42 Å². The molecular formula is C8H14N2O. The molecule has 1 rings (SSSR count). The van der Waals surface area contributed by atoms with E-state index in [1.54, 1.807) is 13.1 Å². The van der Waals surface area contributed by atoms with Gasteiger partial charge in [-0.3, -0.25) is 4.68 Å². The van der Waals surface area contributed by atoms with Crippen molar-refractivity contribution < 1.29 is 5.11 Å². The Hall–Kier alpha value is -0.830. The lowest BCUT2D eigenvalue weighted by atomic mass is 10.2. The van der Waals surface area contributed by atoms with E-state index in [1.807, 2.05) is 23.9 Å². The molecule has 1 heterocycles. The summed E-state index contributed by atoms with van der Waals surface area (Å²) in [6.45, 7) is 3.83. The van der Waals surface area contributed by atoms with Crippen LogP contribution in [-0.2, 0) is 0 Å². The number of hydrogen-bond acceptors (Lipinski definition) is 2. The Bertz CT molecular complexity index is 194. The number of rotatable bonds is 3. The third-order valence-electron chi connectivity index (χ3n) is 1.66. The molecule has 1 aromatic rings. The van der Waals surface area contributed by atoms with Gasteiger partial charge in [0.2, 0.25) is 0 Å². The minimum Gasteiger partial charge on any atom is -0.393 e. The molecule has 0 aliphatic carbocycles. The van der Waals surface area contributed by atoms with Crippen LogP contribution in [0.2, 0.25) is 0 Å². The molecular weight excluding hydrogens is 140 g/mol. The molecule has 0 aliphatic rings. The van der Waals surface area contributed by atoms with Crippen LogP contribution in [0, 0.1) is 0 Å². The molecule has 62 valence electrons. The third kappa shape index (κ3) is 2.35. The molecule has 2 atom stereocenters. The number of aromatic nitrogens is 2. The molecule has 3 heteroatoms. The molecule has 0 aliphatic heterocycles. The van der Waals surface area contributed by atoms with E-state index in [9.17, 15) is 0 Å². The number of nitrogens with zero attached hydrogens (tertiary/aromatic N) is 2. The van der Waals surface area contributed by atoms with Gasteiger partial charge in [-0.1, -0.05) is 0 Å². The summed E-state index contributed by atoms with van der Waals surface area (Å²) in [7, 11) is 0. The molecule has 0 fully saturated rings. The second-order valence-electron chi connectivity index (χ2n) is 2.92. The van der Waals surface area contributed by atoms with Gasteiger partial charge in [0.25, 0.3) is 0 Å². The zero-order valence-electron chi connectivity index (χ0n) is 6.94. The molecule has 0 aromatic carbocycles. The molecule has 2 unspecified atom stereocenters. The highest BCUT2D eigenvalue weighted by Crippen LogP contribution is 2.10. The van der Waals surface area contributed by atoms with Crippen LogP contribution in [0.3, 0.4) is 0 Å². The lowest BCUT2D eigenvalue weighted by Crippen LogP contribution is -2.12. The second kappa shape index (κ2) is 3.53. The molecule has 0 spiro atoms. The lowest BCUT2D eigenvalue weighted by molar-refractivity contribution is 0.162. The van der Waals surface area contributed by atoms with Gasteiger partial charge in [0.15, 0.2) is 0 Å². The van der Waals surface area contributed by atoms with E-state index in [1.165, 1.54) is 0 Å². The first-order valence-corrected chi connectivity index (χ1v) is 3.87. The second-order valence-corrected chi connectivity index (χ2v) is 2.92. The van der Waals surface area contributed by atoms with Gasteiger partial charge in [-0.05, 0) is 26.3 Å². The highest BCUT2D eigenvalue weighted by Gasteiger charge is 2.06. The number of hydrogen-bond donors (Lipinski definition) is 1. The van der Waals surface area contributed by atoms with Crippen LogP contribution in [0.1, 0.15) is 26.3 Å². The zero-order chi connectivity index (χ0) is 8.27. The first-order valence-electron chi connectivity index (χ1n) is 3.87. The molecule has 0 bridgehead atoms. The largest absolute Gasteiger partial charge is 0.393 e. The van der Waals surface area contributed by atoms with E-state index >= 15 is 0 Å². The summed E-state index contributed by atoms with van der Waals surface area (Å²) in [6, 6.07) is 2.17. The summed E-state index contributed by atoms with van der Waals surface area (Å²) in [5.41, 5.74) is 0. The van der Waals surface area contributed by atoms with Gasteiger partial charge in [-0.25, -0.2) is 0 Å². The predicted octanol–water partition coefficient (Wildman–Crippen LogP) is 1.21. The first-order chi connectivity index (χ1) is 5.20. The fourth-order valence-electron chi connectivity index (χ4n) is 1.14. The van der Waals surface area contributed by atoms with Gasteiger partial charge in [-0.15, -0.1) is 0 Å². The van der Waals surface area contributed by atoms with Crippen molar-refractivity contribution in [1.29, 1.82) is 0 Å². The van der Waals surface area contributed by atoms with Crippen LogP contribution in [0.15, 0.2) is 18.5 Å². The van der Waals surface area contributed by atoms with Crippen molar-refractivity contribution in [2.24, 2.45) is 0 Å². The quantitative estimate of drug-likeness (QED) is 0.710. The van der Waals surface area contributed by atoms with E-state index < -0.39 is 0 Å². The van der Waals surface area contributed by atoms with Crippen LogP contribution < -0.4 is 0 Å². The maximum absolute atomic E-state index is 9.08. The SMILES string of the molecule is CC(O)CC(C)n1cccn1. The van der Waals surface area contributed by atoms with E-state index in [4.69, 9.17) is 5.11 Å². The van der Waals surface area contributed by atoms with Crippen LogP contribution >= 0.6 is 0 Å². The monoisotopic (exact) mass is 154 g/mol. The Kier molecular flexibility index (Phi) is 2.65. The summed E-state index contributed by atoms with van der Waals surface area (Å²) in [5.74, 6) is 0. The maximum atomic E-state index is 9.08. The topological polar surface area (TPSA) is 38.0 Å². The predicted molar refractivity (Wildman–Crippen MR) is 43.2 cm³/mol. The van der Waals surface area contributed by atoms with Gasteiger partial charge in [-0.2, -0.15) is 5.10 Å². The highest BCUT2D eigenvalue weighted by molar-refractivity contribution is 4.80. The van der Waals surface area contributed by atoms with Crippen molar-refractivity contribution in [2.75, 3.05) is 0 Å². The van der Waals surface area contributed by atoms with Crippen molar-refractivity contribution >= 4 is 0 Å². The normalized spacial score (nSPS) is 16.3. The van der Waals surface area contributed by atoms with Crippen LogP contribution in [0.5, 0.6) is 0 Å². The Morgan fingerprint density at radius 2 is 2.27 bits per heavy atom.